The van der Waals surface area contributed by atoms with Gasteiger partial charge >= 0.3 is 47.9 Å². The number of ether oxygens (including phenoxy) is 1. The van der Waals surface area contributed by atoms with Gasteiger partial charge in [-0.1, -0.05) is 0 Å². The third kappa shape index (κ3) is 3.60. The van der Waals surface area contributed by atoms with E-state index in [1.807, 2.05) is 0 Å². The molecule has 0 aliphatic carbocycles. The lowest BCUT2D eigenvalue weighted by molar-refractivity contribution is -0.447. The molecule has 1 rings (SSSR count). The van der Waals surface area contributed by atoms with Gasteiger partial charge in [-0.2, -0.15) is 61.5 Å². The van der Waals surface area contributed by atoms with E-state index in [1.54, 1.807) is 0 Å². The first-order chi connectivity index (χ1) is 12.5. The second-order valence-corrected chi connectivity index (χ2v) is 5.99. The van der Waals surface area contributed by atoms with Crippen molar-refractivity contribution in [1.29, 1.82) is 0 Å². The topological polar surface area (TPSA) is 12.5 Å². The lowest BCUT2D eigenvalue weighted by Crippen LogP contribution is -2.73. The van der Waals surface area contributed by atoms with Gasteiger partial charge in [0.1, 0.15) is 0 Å². The molecule has 0 spiro atoms. The highest BCUT2D eigenvalue weighted by Crippen LogP contribution is 2.63. The second-order valence-electron chi connectivity index (χ2n) is 5.99. The SMILES string of the molecule is FC(F)C(F)(F)C(F)(F)C(F)(F)C(F)(F)C(F)(F)C(F)(F)C(F)(F)CCC1CO1. The summed E-state index contributed by atoms with van der Waals surface area (Å²) in [6.45, 7) is -0.318. The second kappa shape index (κ2) is 6.93. The van der Waals surface area contributed by atoms with E-state index in [2.05, 4.69) is 4.74 Å². The Balaban J connectivity index is 3.41. The van der Waals surface area contributed by atoms with Crippen LogP contribution in [0.25, 0.3) is 0 Å². The molecule has 0 aromatic rings. The zero-order valence-corrected chi connectivity index (χ0v) is 13.2. The van der Waals surface area contributed by atoms with Crippen molar-refractivity contribution in [2.24, 2.45) is 0 Å². The molecule has 1 saturated heterocycles. The third-order valence-electron chi connectivity index (χ3n) is 3.91. The van der Waals surface area contributed by atoms with Crippen molar-refractivity contribution >= 4 is 0 Å². The summed E-state index contributed by atoms with van der Waals surface area (Å²) in [6.07, 6.45) is -10.6. The highest BCUT2D eigenvalue weighted by atomic mass is 19.4. The standard InChI is InChI=1S/C12H8F16O/c13-5(14)7(17,18)9(21,22)11(25,26)12(27,28)10(23,24)8(19,20)6(15,16)2-1-4-3-29-4/h4-5H,1-3H2. The molecule has 17 heteroatoms. The fraction of sp³-hybridized carbons (Fsp3) is 1.00. The first-order valence-corrected chi connectivity index (χ1v) is 7.07. The van der Waals surface area contributed by atoms with Gasteiger partial charge < -0.3 is 4.74 Å². The van der Waals surface area contributed by atoms with Gasteiger partial charge in [-0.05, 0) is 6.42 Å². The van der Waals surface area contributed by atoms with Crippen LogP contribution in [0.2, 0.25) is 0 Å². The van der Waals surface area contributed by atoms with Crippen molar-refractivity contribution in [2.45, 2.75) is 66.8 Å². The van der Waals surface area contributed by atoms with Gasteiger partial charge in [-0.15, -0.1) is 0 Å². The number of alkyl halides is 16. The first kappa shape index (κ1) is 25.9. The molecule has 1 heterocycles. The zero-order chi connectivity index (χ0) is 23.5. The van der Waals surface area contributed by atoms with Gasteiger partial charge in [0, 0.05) is 6.42 Å². The minimum Gasteiger partial charge on any atom is -0.373 e. The van der Waals surface area contributed by atoms with Gasteiger partial charge in [-0.3, -0.25) is 0 Å². The van der Waals surface area contributed by atoms with Gasteiger partial charge in [0.2, 0.25) is 0 Å². The molecule has 0 radical (unpaired) electrons. The highest BCUT2D eigenvalue weighted by Gasteiger charge is 2.93. The Bertz CT molecular complexity index is 593. The molecule has 174 valence electrons. The van der Waals surface area contributed by atoms with Crippen molar-refractivity contribution in [2.75, 3.05) is 6.61 Å². The number of rotatable bonds is 10. The van der Waals surface area contributed by atoms with Gasteiger partial charge in [0.25, 0.3) is 0 Å². The van der Waals surface area contributed by atoms with E-state index in [9.17, 15) is 70.2 Å². The fourth-order valence-electron chi connectivity index (χ4n) is 1.90. The molecule has 1 fully saturated rings. The van der Waals surface area contributed by atoms with E-state index in [-0.39, 0.29) is 6.61 Å². The average Bonchev–Trinajstić information content (AvgIpc) is 3.35. The van der Waals surface area contributed by atoms with E-state index in [4.69, 9.17) is 0 Å². The Hall–Kier alpha value is -1.16. The summed E-state index contributed by atoms with van der Waals surface area (Å²) in [4.78, 5) is 0. The summed E-state index contributed by atoms with van der Waals surface area (Å²) in [5.41, 5.74) is 0. The summed E-state index contributed by atoms with van der Waals surface area (Å²) in [5, 5.41) is 0. The molecule has 1 aliphatic rings. The van der Waals surface area contributed by atoms with Gasteiger partial charge in [-0.25, -0.2) is 8.78 Å². The molecular formula is C12H8F16O. The van der Waals surface area contributed by atoms with Crippen LogP contribution in [0.3, 0.4) is 0 Å². The van der Waals surface area contributed by atoms with E-state index in [0.29, 0.717) is 0 Å². The minimum atomic E-state index is -8.33. The molecule has 0 bridgehead atoms. The fourth-order valence-corrected chi connectivity index (χ4v) is 1.90. The largest absolute Gasteiger partial charge is 0.384 e. The summed E-state index contributed by atoms with van der Waals surface area (Å²) in [6, 6.07) is 0. The Morgan fingerprint density at radius 2 is 0.966 bits per heavy atom. The predicted octanol–water partition coefficient (Wildman–Crippen LogP) is 5.88. The monoisotopic (exact) mass is 472 g/mol. The first-order valence-electron chi connectivity index (χ1n) is 7.07. The summed E-state index contributed by atoms with van der Waals surface area (Å²) < 4.78 is 212. The van der Waals surface area contributed by atoms with Crippen LogP contribution in [0, 0.1) is 0 Å². The Morgan fingerprint density at radius 1 is 0.621 bits per heavy atom. The van der Waals surface area contributed by atoms with E-state index < -0.39 is 66.8 Å². The molecular weight excluding hydrogens is 464 g/mol. The molecule has 1 unspecified atom stereocenters. The van der Waals surface area contributed by atoms with Crippen molar-refractivity contribution < 1.29 is 75.0 Å². The van der Waals surface area contributed by atoms with Crippen LogP contribution < -0.4 is 0 Å². The lowest BCUT2D eigenvalue weighted by atomic mass is 9.88. The predicted molar refractivity (Wildman–Crippen MR) is 59.6 cm³/mol. The Labute approximate surface area is 150 Å². The van der Waals surface area contributed by atoms with Gasteiger partial charge in [0.05, 0.1) is 12.7 Å². The number of hydrogen-bond donors (Lipinski definition) is 0. The average molecular weight is 472 g/mol. The molecule has 1 aliphatic heterocycles. The number of hydrogen-bond acceptors (Lipinski definition) is 1. The van der Waals surface area contributed by atoms with E-state index in [1.165, 1.54) is 0 Å². The van der Waals surface area contributed by atoms with Crippen LogP contribution in [0.1, 0.15) is 12.8 Å². The normalized spacial score (nSPS) is 20.4. The molecule has 0 saturated carbocycles. The molecule has 0 aromatic carbocycles. The number of halogens is 16. The van der Waals surface area contributed by atoms with Crippen LogP contribution in [-0.4, -0.2) is 60.6 Å². The molecule has 0 N–H and O–H groups in total. The molecule has 1 nitrogen and oxygen atoms in total. The summed E-state index contributed by atoms with van der Waals surface area (Å²) in [7, 11) is 0. The number of epoxide rings is 1. The van der Waals surface area contributed by atoms with Crippen molar-refractivity contribution in [3.63, 3.8) is 0 Å². The minimum absolute atomic E-state index is 0.318. The van der Waals surface area contributed by atoms with Crippen LogP contribution in [0.5, 0.6) is 0 Å². The summed E-state index contributed by atoms with van der Waals surface area (Å²) >= 11 is 0. The maximum absolute atomic E-state index is 13.4. The molecule has 29 heavy (non-hydrogen) atoms. The van der Waals surface area contributed by atoms with E-state index >= 15 is 0 Å². The lowest BCUT2D eigenvalue weighted by Gasteiger charge is -2.42. The van der Waals surface area contributed by atoms with Crippen LogP contribution in [-0.2, 0) is 4.74 Å². The van der Waals surface area contributed by atoms with Crippen LogP contribution >= 0.6 is 0 Å². The molecule has 1 atom stereocenters. The highest BCUT2D eigenvalue weighted by molar-refractivity contribution is 5.14. The smallest absolute Gasteiger partial charge is 0.373 e. The molecule has 0 aromatic heterocycles. The van der Waals surface area contributed by atoms with E-state index in [0.717, 1.165) is 0 Å². The van der Waals surface area contributed by atoms with Crippen molar-refractivity contribution in [1.82, 2.24) is 0 Å². The van der Waals surface area contributed by atoms with Crippen molar-refractivity contribution in [3.8, 4) is 0 Å². The Morgan fingerprint density at radius 3 is 1.31 bits per heavy atom. The summed E-state index contributed by atoms with van der Waals surface area (Å²) in [5.74, 6) is -53.9. The van der Waals surface area contributed by atoms with Crippen molar-refractivity contribution in [3.05, 3.63) is 0 Å². The van der Waals surface area contributed by atoms with Crippen LogP contribution in [0.15, 0.2) is 0 Å². The molecule has 0 amide bonds. The van der Waals surface area contributed by atoms with Crippen LogP contribution in [0.4, 0.5) is 70.2 Å². The Kier molecular flexibility index (Phi) is 6.19. The third-order valence-corrected chi connectivity index (χ3v) is 3.91. The quantitative estimate of drug-likeness (QED) is 0.286. The maximum atomic E-state index is 13.4. The van der Waals surface area contributed by atoms with Gasteiger partial charge in [0.15, 0.2) is 0 Å². The zero-order valence-electron chi connectivity index (χ0n) is 13.2. The maximum Gasteiger partial charge on any atom is 0.384 e.